The molecule has 0 aliphatic rings. The molecule has 3 nitrogen and oxygen atoms in total. The molecule has 0 bridgehead atoms. The number of nitrogens with zero attached hydrogens (tertiary/aromatic N) is 1. The number of hydrogen-bond donors (Lipinski definition) is 0. The Balaban J connectivity index is 0. The molecule has 0 saturated carbocycles. The maximum absolute atomic E-state index is 8.69. The third-order valence-corrected chi connectivity index (χ3v) is 0. The molecule has 0 aliphatic carbocycles. The topological polar surface area (TPSA) is 49.1 Å². The van der Waals surface area contributed by atoms with E-state index >= 15 is 0 Å². The predicted octanol–water partition coefficient (Wildman–Crippen LogP) is -3.30. The smallest absolute Gasteiger partial charge is 0.613 e. The third-order valence-electron chi connectivity index (χ3n) is 0. The summed E-state index contributed by atoms with van der Waals surface area (Å²) >= 11 is 0. The van der Waals surface area contributed by atoms with Gasteiger partial charge < -0.3 is 10.4 Å². The van der Waals surface area contributed by atoms with E-state index in [-0.39, 0.29) is 18.9 Å². The molecular weight excluding hydrogens is 65.0 g/mol. The van der Waals surface area contributed by atoms with Gasteiger partial charge in [-0.3, -0.25) is 0 Å². The fourth-order valence-electron chi connectivity index (χ4n) is 0. The number of hydrogen-bond acceptors (Lipinski definition) is 2. The van der Waals surface area contributed by atoms with Crippen LogP contribution in [0.2, 0.25) is 0 Å². The van der Waals surface area contributed by atoms with Gasteiger partial charge in [-0.05, 0) is 0 Å². The second kappa shape index (κ2) is 3.87. The van der Waals surface area contributed by atoms with E-state index in [1.807, 2.05) is 0 Å². The fraction of sp³-hybridized carbons (Fsp3) is 0. The zero-order chi connectivity index (χ0) is 3.58. The number of rotatable bonds is 0. The van der Waals surface area contributed by atoms with Crippen molar-refractivity contribution < 1.29 is 23.8 Å². The molecule has 0 heterocycles. The van der Waals surface area contributed by atoms with E-state index in [1.165, 1.54) is 0 Å². The van der Waals surface area contributed by atoms with Crippen molar-refractivity contribution in [3.8, 4) is 0 Å². The van der Waals surface area contributed by atoms with Crippen LogP contribution >= 0.6 is 0 Å². The molecule has 0 aliphatic heterocycles. The molecular formula is CH2LiNO2. The third kappa shape index (κ3) is 767. The van der Waals surface area contributed by atoms with Gasteiger partial charge in [-0.2, -0.15) is 4.90 Å². The average Bonchev–Trinajstić information content (AvgIpc) is 0.811. The monoisotopic (exact) mass is 67.0 g/mol. The zero-order valence-electron chi connectivity index (χ0n) is 2.97. The van der Waals surface area contributed by atoms with Crippen molar-refractivity contribution in [3.05, 3.63) is 10.4 Å². The summed E-state index contributed by atoms with van der Waals surface area (Å²) in [5.74, 6) is 0. The molecule has 0 aromatic heterocycles. The standard InChI is InChI=1S/CH2NO2.Li/c1-2(3)4;/h1H2;/q-1;+1. The van der Waals surface area contributed by atoms with Crippen molar-refractivity contribution >= 4 is 6.72 Å². The summed E-state index contributed by atoms with van der Waals surface area (Å²) in [7, 11) is 0. The van der Waals surface area contributed by atoms with Crippen LogP contribution in [0, 0.1) is 10.4 Å². The Hall–Kier alpha value is -0.133. The van der Waals surface area contributed by atoms with E-state index in [1.54, 1.807) is 0 Å². The van der Waals surface area contributed by atoms with Gasteiger partial charge in [-0.15, -0.1) is 0 Å². The van der Waals surface area contributed by atoms with Crippen LogP contribution in [0.1, 0.15) is 0 Å². The van der Waals surface area contributed by atoms with Crippen molar-refractivity contribution in [1.29, 1.82) is 0 Å². The van der Waals surface area contributed by atoms with E-state index in [4.69, 9.17) is 10.4 Å². The molecule has 0 rings (SSSR count). The first-order valence-corrected chi connectivity index (χ1v) is 0.681. The Labute approximate surface area is 41.6 Å². The molecule has 0 atom stereocenters. The molecule has 24 valence electrons. The second-order valence-corrected chi connectivity index (χ2v) is 0.333. The molecule has 0 aromatic carbocycles. The Morgan fingerprint density at radius 3 is 1.40 bits per heavy atom. The fourth-order valence-corrected chi connectivity index (χ4v) is 0. The van der Waals surface area contributed by atoms with Crippen LogP contribution in [0.15, 0.2) is 0 Å². The molecule has 4 heteroatoms. The van der Waals surface area contributed by atoms with Crippen molar-refractivity contribution in [3.63, 3.8) is 0 Å². The minimum Gasteiger partial charge on any atom is -0.613 e. The first kappa shape index (κ1) is 8.85. The van der Waals surface area contributed by atoms with Gasteiger partial charge in [0.05, 0.1) is 0 Å². The maximum Gasteiger partial charge on any atom is 1.00 e. The Morgan fingerprint density at radius 1 is 1.40 bits per heavy atom. The van der Waals surface area contributed by atoms with E-state index < -0.39 is 4.90 Å². The first-order valence-electron chi connectivity index (χ1n) is 0.681. The SMILES string of the molecule is C=[N+]([O-])[O-].[Li+]. The molecule has 0 spiro atoms. The molecule has 0 fully saturated rings. The maximum atomic E-state index is 8.69. The molecule has 0 amide bonds. The molecule has 0 aromatic rings. The van der Waals surface area contributed by atoms with Crippen LogP contribution in [0.25, 0.3) is 0 Å². The summed E-state index contributed by atoms with van der Waals surface area (Å²) in [6, 6.07) is 0. The normalized spacial score (nSPS) is 4.80. The van der Waals surface area contributed by atoms with E-state index in [0.29, 0.717) is 0 Å². The zero-order valence-corrected chi connectivity index (χ0v) is 2.97. The summed E-state index contributed by atoms with van der Waals surface area (Å²) in [6.45, 7) is 2.36. The van der Waals surface area contributed by atoms with Gasteiger partial charge in [-0.1, -0.05) is 0 Å². The minimum absolute atomic E-state index is 0. The van der Waals surface area contributed by atoms with Crippen molar-refractivity contribution in [2.45, 2.75) is 0 Å². The van der Waals surface area contributed by atoms with Crippen molar-refractivity contribution in [2.24, 2.45) is 0 Å². The quantitative estimate of drug-likeness (QED) is 0.129. The second-order valence-electron chi connectivity index (χ2n) is 0.333. The summed E-state index contributed by atoms with van der Waals surface area (Å²) < 4.78 is 0. The largest absolute Gasteiger partial charge is 1.00 e. The Kier molecular flexibility index (Phi) is 6.85. The van der Waals surface area contributed by atoms with Crippen molar-refractivity contribution in [1.82, 2.24) is 0 Å². The van der Waals surface area contributed by atoms with E-state index in [0.717, 1.165) is 0 Å². The van der Waals surface area contributed by atoms with Gasteiger partial charge in [0, 0.05) is 0 Å². The van der Waals surface area contributed by atoms with Crippen LogP contribution in [0.4, 0.5) is 0 Å². The van der Waals surface area contributed by atoms with Crippen LogP contribution < -0.4 is 18.9 Å². The van der Waals surface area contributed by atoms with Gasteiger partial charge in [-0.25, -0.2) is 0 Å². The van der Waals surface area contributed by atoms with Gasteiger partial charge in [0.15, 0.2) is 6.72 Å². The van der Waals surface area contributed by atoms with Gasteiger partial charge >= 0.3 is 18.9 Å². The summed E-state index contributed by atoms with van der Waals surface area (Å²) in [5.41, 5.74) is 0. The molecule has 0 unspecified atom stereocenters. The first-order chi connectivity index (χ1) is 1.73. The van der Waals surface area contributed by atoms with E-state index in [9.17, 15) is 0 Å². The minimum atomic E-state index is -0.750. The Bertz CT molecular complexity index is 32.6. The molecule has 0 saturated heterocycles. The molecule has 0 radical (unpaired) electrons. The average molecular weight is 67.0 g/mol. The van der Waals surface area contributed by atoms with Crippen LogP contribution in [-0.2, 0) is 0 Å². The van der Waals surface area contributed by atoms with E-state index in [2.05, 4.69) is 6.72 Å². The van der Waals surface area contributed by atoms with Gasteiger partial charge in [0.2, 0.25) is 0 Å². The van der Waals surface area contributed by atoms with Gasteiger partial charge in [0.1, 0.15) is 0 Å². The van der Waals surface area contributed by atoms with Crippen molar-refractivity contribution in [2.75, 3.05) is 0 Å². The summed E-state index contributed by atoms with van der Waals surface area (Å²) in [4.78, 5) is -0.750. The summed E-state index contributed by atoms with van der Waals surface area (Å²) in [6.07, 6.45) is 0. The molecule has 5 heavy (non-hydrogen) atoms. The van der Waals surface area contributed by atoms with Crippen LogP contribution in [0.5, 0.6) is 0 Å². The predicted molar refractivity (Wildman–Crippen MR) is 14.1 cm³/mol. The van der Waals surface area contributed by atoms with Crippen LogP contribution in [-0.4, -0.2) is 11.6 Å². The van der Waals surface area contributed by atoms with Gasteiger partial charge in [0.25, 0.3) is 0 Å². The van der Waals surface area contributed by atoms with Crippen LogP contribution in [0.3, 0.4) is 0 Å². The summed E-state index contributed by atoms with van der Waals surface area (Å²) in [5, 5.41) is 17.4. The Morgan fingerprint density at radius 2 is 1.40 bits per heavy atom. The molecule has 0 N–H and O–H groups in total.